The SMILES string of the molecule is NC(=O)[C@H]1CCCN(C(=O)c2ccc(-c3cnc(N)c(Cl)c3)cc2)C1. The molecule has 1 aliphatic heterocycles. The zero-order valence-electron chi connectivity index (χ0n) is 13.6. The average molecular weight is 359 g/mol. The molecule has 25 heavy (non-hydrogen) atoms. The fourth-order valence-electron chi connectivity index (χ4n) is 2.99. The molecule has 0 saturated carbocycles. The number of primary amides is 1. The molecule has 2 amide bonds. The van der Waals surface area contributed by atoms with Crippen LogP contribution < -0.4 is 11.5 Å². The number of anilines is 1. The number of hydrogen-bond acceptors (Lipinski definition) is 4. The Hall–Kier alpha value is -2.60. The number of nitrogen functional groups attached to an aromatic ring is 1. The normalized spacial score (nSPS) is 17.3. The second-order valence-electron chi connectivity index (χ2n) is 6.16. The van der Waals surface area contributed by atoms with Gasteiger partial charge in [0.1, 0.15) is 5.82 Å². The molecule has 3 rings (SSSR count). The minimum Gasteiger partial charge on any atom is -0.382 e. The Bertz CT molecular complexity index is 807. The van der Waals surface area contributed by atoms with E-state index >= 15 is 0 Å². The van der Waals surface area contributed by atoms with E-state index in [9.17, 15) is 9.59 Å². The molecule has 2 heterocycles. The number of rotatable bonds is 3. The molecule has 0 aliphatic carbocycles. The molecule has 0 unspecified atom stereocenters. The van der Waals surface area contributed by atoms with Crippen molar-refractivity contribution in [1.29, 1.82) is 0 Å². The summed E-state index contributed by atoms with van der Waals surface area (Å²) < 4.78 is 0. The fourth-order valence-corrected chi connectivity index (χ4v) is 3.15. The highest BCUT2D eigenvalue weighted by Gasteiger charge is 2.27. The van der Waals surface area contributed by atoms with Crippen LogP contribution in [0.15, 0.2) is 36.5 Å². The standard InChI is InChI=1S/C18H19ClN4O2/c19-15-8-14(9-22-16(15)20)11-3-5-12(6-4-11)18(25)23-7-1-2-13(10-23)17(21)24/h3-6,8-9,13H,1-2,7,10H2,(H2,20,22)(H2,21,24)/t13-/m0/s1. The first kappa shape index (κ1) is 17.2. The molecule has 1 aliphatic rings. The van der Waals surface area contributed by atoms with Gasteiger partial charge in [0.05, 0.1) is 10.9 Å². The number of carbonyl (C=O) groups is 2. The summed E-state index contributed by atoms with van der Waals surface area (Å²) in [6.07, 6.45) is 3.16. The van der Waals surface area contributed by atoms with Crippen molar-refractivity contribution >= 4 is 29.2 Å². The van der Waals surface area contributed by atoms with Crippen molar-refractivity contribution in [2.75, 3.05) is 18.8 Å². The Balaban J connectivity index is 1.76. The number of hydrogen-bond donors (Lipinski definition) is 2. The van der Waals surface area contributed by atoms with Crippen molar-refractivity contribution in [1.82, 2.24) is 9.88 Å². The van der Waals surface area contributed by atoms with E-state index in [1.165, 1.54) is 0 Å². The lowest BCUT2D eigenvalue weighted by molar-refractivity contribution is -0.123. The van der Waals surface area contributed by atoms with E-state index in [1.807, 2.05) is 12.1 Å². The number of amides is 2. The van der Waals surface area contributed by atoms with Gasteiger partial charge in [-0.05, 0) is 36.6 Å². The second kappa shape index (κ2) is 7.11. The number of carbonyl (C=O) groups excluding carboxylic acids is 2. The van der Waals surface area contributed by atoms with Gasteiger partial charge in [-0.1, -0.05) is 23.7 Å². The number of nitrogens with two attached hydrogens (primary N) is 2. The van der Waals surface area contributed by atoms with E-state index in [1.54, 1.807) is 29.3 Å². The van der Waals surface area contributed by atoms with E-state index in [0.717, 1.165) is 24.0 Å². The molecule has 1 fully saturated rings. The molecular weight excluding hydrogens is 340 g/mol. The van der Waals surface area contributed by atoms with E-state index in [-0.39, 0.29) is 23.6 Å². The van der Waals surface area contributed by atoms with Crippen LogP contribution in [0.4, 0.5) is 5.82 Å². The summed E-state index contributed by atoms with van der Waals surface area (Å²) in [5.41, 5.74) is 13.3. The van der Waals surface area contributed by atoms with E-state index < -0.39 is 0 Å². The molecule has 0 radical (unpaired) electrons. The first-order chi connectivity index (χ1) is 12.0. The van der Waals surface area contributed by atoms with Crippen LogP contribution in [0.1, 0.15) is 23.2 Å². The predicted octanol–water partition coefficient (Wildman–Crippen LogP) is 2.32. The van der Waals surface area contributed by atoms with E-state index in [0.29, 0.717) is 23.7 Å². The maximum absolute atomic E-state index is 12.6. The van der Waals surface area contributed by atoms with Gasteiger partial charge in [0, 0.05) is 30.4 Å². The van der Waals surface area contributed by atoms with Crippen LogP contribution in [0, 0.1) is 5.92 Å². The van der Waals surface area contributed by atoms with Crippen molar-refractivity contribution in [3.8, 4) is 11.1 Å². The Kier molecular flexibility index (Phi) is 4.90. The molecule has 4 N–H and O–H groups in total. The van der Waals surface area contributed by atoms with Gasteiger partial charge < -0.3 is 16.4 Å². The van der Waals surface area contributed by atoms with Gasteiger partial charge in [0.15, 0.2) is 0 Å². The van der Waals surface area contributed by atoms with Gasteiger partial charge in [-0.25, -0.2) is 4.98 Å². The summed E-state index contributed by atoms with van der Waals surface area (Å²) in [4.78, 5) is 29.7. The maximum atomic E-state index is 12.6. The third kappa shape index (κ3) is 3.74. The molecule has 6 nitrogen and oxygen atoms in total. The number of halogens is 1. The van der Waals surface area contributed by atoms with E-state index in [2.05, 4.69) is 4.98 Å². The zero-order valence-corrected chi connectivity index (χ0v) is 14.4. The highest BCUT2D eigenvalue weighted by molar-refractivity contribution is 6.33. The third-order valence-electron chi connectivity index (χ3n) is 4.45. The van der Waals surface area contributed by atoms with Crippen LogP contribution in [0.25, 0.3) is 11.1 Å². The van der Waals surface area contributed by atoms with Gasteiger partial charge in [-0.15, -0.1) is 0 Å². The lowest BCUT2D eigenvalue weighted by Gasteiger charge is -2.31. The molecule has 2 aromatic rings. The summed E-state index contributed by atoms with van der Waals surface area (Å²) in [6.45, 7) is 1.02. The summed E-state index contributed by atoms with van der Waals surface area (Å²) >= 11 is 6.00. The molecule has 1 atom stereocenters. The minimum atomic E-state index is -0.347. The smallest absolute Gasteiger partial charge is 0.253 e. The number of pyridine rings is 1. The van der Waals surface area contributed by atoms with Crippen LogP contribution in [0.2, 0.25) is 5.02 Å². The summed E-state index contributed by atoms with van der Waals surface area (Å²) in [6, 6.07) is 8.94. The predicted molar refractivity (Wildman–Crippen MR) is 96.9 cm³/mol. The molecular formula is C18H19ClN4O2. The molecule has 1 saturated heterocycles. The molecule has 1 aromatic carbocycles. The summed E-state index contributed by atoms with van der Waals surface area (Å²) in [5, 5.41) is 0.392. The number of piperidine rings is 1. The van der Waals surface area contributed by atoms with Crippen LogP contribution in [-0.4, -0.2) is 34.8 Å². The molecule has 1 aromatic heterocycles. The number of nitrogens with zero attached hydrogens (tertiary/aromatic N) is 2. The Labute approximate surface area is 150 Å². The summed E-state index contributed by atoms with van der Waals surface area (Å²) in [5.74, 6) is -0.419. The van der Waals surface area contributed by atoms with Crippen LogP contribution in [0.5, 0.6) is 0 Å². The Morgan fingerprint density at radius 1 is 1.20 bits per heavy atom. The third-order valence-corrected chi connectivity index (χ3v) is 4.75. The van der Waals surface area contributed by atoms with Crippen molar-refractivity contribution in [3.63, 3.8) is 0 Å². The number of likely N-dealkylation sites (tertiary alicyclic amines) is 1. The highest BCUT2D eigenvalue weighted by Crippen LogP contribution is 2.26. The summed E-state index contributed by atoms with van der Waals surface area (Å²) in [7, 11) is 0. The first-order valence-electron chi connectivity index (χ1n) is 8.06. The van der Waals surface area contributed by atoms with Gasteiger partial charge in [-0.2, -0.15) is 0 Å². The lowest BCUT2D eigenvalue weighted by Crippen LogP contribution is -2.44. The van der Waals surface area contributed by atoms with Crippen molar-refractivity contribution < 1.29 is 9.59 Å². The largest absolute Gasteiger partial charge is 0.382 e. The van der Waals surface area contributed by atoms with Gasteiger partial charge in [-0.3, -0.25) is 9.59 Å². The highest BCUT2D eigenvalue weighted by atomic mass is 35.5. The fraction of sp³-hybridized carbons (Fsp3) is 0.278. The lowest BCUT2D eigenvalue weighted by atomic mass is 9.96. The van der Waals surface area contributed by atoms with Crippen molar-refractivity contribution in [2.45, 2.75) is 12.8 Å². The monoisotopic (exact) mass is 358 g/mol. The Morgan fingerprint density at radius 2 is 1.92 bits per heavy atom. The van der Waals surface area contributed by atoms with Gasteiger partial charge in [0.25, 0.3) is 5.91 Å². The van der Waals surface area contributed by atoms with Crippen LogP contribution in [-0.2, 0) is 4.79 Å². The Morgan fingerprint density at radius 3 is 2.56 bits per heavy atom. The number of benzene rings is 1. The quantitative estimate of drug-likeness (QED) is 0.878. The molecule has 7 heteroatoms. The molecule has 130 valence electrons. The molecule has 0 bridgehead atoms. The van der Waals surface area contributed by atoms with Crippen molar-refractivity contribution in [3.05, 3.63) is 47.1 Å². The van der Waals surface area contributed by atoms with Gasteiger partial charge in [0.2, 0.25) is 5.91 Å². The maximum Gasteiger partial charge on any atom is 0.253 e. The zero-order chi connectivity index (χ0) is 18.0. The molecule has 0 spiro atoms. The topological polar surface area (TPSA) is 102 Å². The first-order valence-corrected chi connectivity index (χ1v) is 8.43. The van der Waals surface area contributed by atoms with Gasteiger partial charge >= 0.3 is 0 Å². The minimum absolute atomic E-state index is 0.0917. The van der Waals surface area contributed by atoms with Crippen molar-refractivity contribution in [2.24, 2.45) is 11.7 Å². The second-order valence-corrected chi connectivity index (χ2v) is 6.57. The van der Waals surface area contributed by atoms with Crippen LogP contribution in [0.3, 0.4) is 0 Å². The average Bonchev–Trinajstić information content (AvgIpc) is 2.63. The van der Waals surface area contributed by atoms with Crippen LogP contribution >= 0.6 is 11.6 Å². The number of aromatic nitrogens is 1. The van der Waals surface area contributed by atoms with E-state index in [4.69, 9.17) is 23.1 Å².